The van der Waals surface area contributed by atoms with Crippen LogP contribution in [0.3, 0.4) is 0 Å². The zero-order valence-corrected chi connectivity index (χ0v) is 29.1. The third-order valence-electron chi connectivity index (χ3n) is 8.41. The van der Waals surface area contributed by atoms with E-state index in [0.717, 1.165) is 34.9 Å². The van der Waals surface area contributed by atoms with Crippen molar-refractivity contribution in [2.24, 2.45) is 5.41 Å². The van der Waals surface area contributed by atoms with Crippen molar-refractivity contribution in [1.82, 2.24) is 9.97 Å². The molecular formula is C35H41F6N3O4S. The molecule has 4 rings (SSSR count). The molecule has 0 spiro atoms. The van der Waals surface area contributed by atoms with Crippen LogP contribution in [0.2, 0.25) is 0 Å². The number of alkyl halides is 6. The molecule has 0 unspecified atom stereocenters. The van der Waals surface area contributed by atoms with E-state index in [1.807, 2.05) is 12.1 Å². The molecule has 268 valence electrons. The van der Waals surface area contributed by atoms with Crippen molar-refractivity contribution >= 4 is 21.4 Å². The van der Waals surface area contributed by atoms with Crippen LogP contribution in [0.5, 0.6) is 11.5 Å². The summed E-state index contributed by atoms with van der Waals surface area (Å²) in [6.07, 6.45) is -4.26. The predicted molar refractivity (Wildman–Crippen MR) is 176 cm³/mol. The molecule has 0 radical (unpaired) electrons. The summed E-state index contributed by atoms with van der Waals surface area (Å²) in [5, 5.41) is 0. The van der Waals surface area contributed by atoms with Gasteiger partial charge in [0.05, 0.1) is 36.4 Å². The Kier molecular flexibility index (Phi) is 11.3. The summed E-state index contributed by atoms with van der Waals surface area (Å²) < 4.78 is 117. The fraction of sp³-hybridized carbons (Fsp3) is 0.486. The summed E-state index contributed by atoms with van der Waals surface area (Å²) in [5.41, 5.74) is 0.681. The first kappa shape index (κ1) is 38.0. The molecule has 0 saturated carbocycles. The average Bonchev–Trinajstić information content (AvgIpc) is 2.99. The third kappa shape index (κ3) is 10.3. The molecule has 2 aromatic carbocycles. The molecule has 0 bridgehead atoms. The summed E-state index contributed by atoms with van der Waals surface area (Å²) in [5.74, 6) is 0.828. The number of benzene rings is 2. The van der Waals surface area contributed by atoms with Crippen molar-refractivity contribution in [3.63, 3.8) is 0 Å². The lowest BCUT2D eigenvalue weighted by molar-refractivity contribution is -0.143. The quantitative estimate of drug-likeness (QED) is 0.174. The van der Waals surface area contributed by atoms with Crippen molar-refractivity contribution in [1.29, 1.82) is 0 Å². The standard InChI is InChI=1S/C35H41F6N3O4S/c1-22(2)24-7-8-31(47-5)30(15-24)29-9-10-33(3,4)17-25(29)21-44(32-42-18-28(19-43-32)48-11-12-49(6,45)46)20-23-13-26(34(36,37)38)16-27(14-23)35(39,40)41/h7-8,13-16,18-19,22H,9-12,17,20-21H2,1-6H3. The first-order valence-corrected chi connectivity index (χ1v) is 17.8. The highest BCUT2D eigenvalue weighted by Gasteiger charge is 2.37. The van der Waals surface area contributed by atoms with Gasteiger partial charge in [-0.05, 0) is 83.2 Å². The molecule has 0 saturated heterocycles. The maximum absolute atomic E-state index is 13.8. The lowest BCUT2D eigenvalue weighted by atomic mass is 9.72. The van der Waals surface area contributed by atoms with E-state index in [1.165, 1.54) is 12.4 Å². The van der Waals surface area contributed by atoms with Crippen LogP contribution in [-0.2, 0) is 28.7 Å². The summed E-state index contributed by atoms with van der Waals surface area (Å²) >= 11 is 0. The Morgan fingerprint density at radius 1 is 0.939 bits per heavy atom. The summed E-state index contributed by atoms with van der Waals surface area (Å²) in [4.78, 5) is 10.3. The van der Waals surface area contributed by atoms with Crippen LogP contribution in [-0.4, -0.2) is 50.7 Å². The predicted octanol–water partition coefficient (Wildman–Crippen LogP) is 8.74. The van der Waals surface area contributed by atoms with Crippen LogP contribution in [0.4, 0.5) is 32.3 Å². The largest absolute Gasteiger partial charge is 0.496 e. The maximum atomic E-state index is 13.8. The molecule has 1 aromatic heterocycles. The van der Waals surface area contributed by atoms with E-state index in [0.29, 0.717) is 30.7 Å². The summed E-state index contributed by atoms with van der Waals surface area (Å²) in [6, 6.07) is 7.49. The number of hydrogen-bond donors (Lipinski definition) is 0. The SMILES string of the molecule is COc1ccc(C(C)C)cc1C1=C(CN(Cc2cc(C(F)(F)F)cc(C(F)(F)F)c2)c2ncc(OCCS(C)(=O)=O)cn2)CC(C)(C)CC1. The normalized spacial score (nSPS) is 15.4. The second kappa shape index (κ2) is 14.6. The van der Waals surface area contributed by atoms with Gasteiger partial charge in [-0.15, -0.1) is 0 Å². The third-order valence-corrected chi connectivity index (χ3v) is 9.32. The number of nitrogens with zero attached hydrogens (tertiary/aromatic N) is 3. The fourth-order valence-corrected chi connectivity index (χ4v) is 6.21. The fourth-order valence-electron chi connectivity index (χ4n) is 5.83. The minimum Gasteiger partial charge on any atom is -0.496 e. The van der Waals surface area contributed by atoms with Crippen LogP contribution in [0.1, 0.15) is 80.7 Å². The van der Waals surface area contributed by atoms with E-state index in [1.54, 1.807) is 12.0 Å². The number of rotatable bonds is 12. The molecule has 1 heterocycles. The average molecular weight is 714 g/mol. The van der Waals surface area contributed by atoms with Gasteiger partial charge in [0.1, 0.15) is 12.4 Å². The van der Waals surface area contributed by atoms with Gasteiger partial charge in [-0.3, -0.25) is 0 Å². The lowest BCUT2D eigenvalue weighted by Gasteiger charge is -2.36. The highest BCUT2D eigenvalue weighted by Crippen LogP contribution is 2.46. The van der Waals surface area contributed by atoms with Gasteiger partial charge in [0.2, 0.25) is 5.95 Å². The van der Waals surface area contributed by atoms with E-state index >= 15 is 0 Å². The van der Waals surface area contributed by atoms with Crippen LogP contribution in [0.25, 0.3) is 5.57 Å². The van der Waals surface area contributed by atoms with Gasteiger partial charge in [0, 0.05) is 24.9 Å². The number of sulfone groups is 1. The Labute approximate surface area is 283 Å². The Hall–Kier alpha value is -3.81. The first-order chi connectivity index (χ1) is 22.6. The molecule has 0 fully saturated rings. The lowest BCUT2D eigenvalue weighted by Crippen LogP contribution is -2.31. The zero-order valence-electron chi connectivity index (χ0n) is 28.3. The van der Waals surface area contributed by atoms with Crippen LogP contribution in [0.15, 0.2) is 54.4 Å². The van der Waals surface area contributed by atoms with Crippen molar-refractivity contribution in [3.8, 4) is 11.5 Å². The molecule has 0 atom stereocenters. The van der Waals surface area contributed by atoms with Gasteiger partial charge in [-0.2, -0.15) is 26.3 Å². The molecular weight excluding hydrogens is 672 g/mol. The number of allylic oxidation sites excluding steroid dienone is 1. The molecule has 49 heavy (non-hydrogen) atoms. The number of anilines is 1. The van der Waals surface area contributed by atoms with E-state index in [9.17, 15) is 34.8 Å². The molecule has 3 aromatic rings. The Bertz CT molecular complexity index is 1740. The molecule has 14 heteroatoms. The van der Waals surface area contributed by atoms with Gasteiger partial charge < -0.3 is 14.4 Å². The number of hydrogen-bond acceptors (Lipinski definition) is 7. The van der Waals surface area contributed by atoms with Crippen LogP contribution >= 0.6 is 0 Å². The Morgan fingerprint density at radius 3 is 2.08 bits per heavy atom. The van der Waals surface area contributed by atoms with E-state index in [2.05, 4.69) is 43.7 Å². The molecule has 0 aliphatic heterocycles. The molecule has 0 N–H and O–H groups in total. The van der Waals surface area contributed by atoms with Crippen molar-refractivity contribution < 1.29 is 44.2 Å². The van der Waals surface area contributed by atoms with E-state index in [4.69, 9.17) is 9.47 Å². The smallest absolute Gasteiger partial charge is 0.416 e. The van der Waals surface area contributed by atoms with E-state index in [-0.39, 0.29) is 60.1 Å². The minimum atomic E-state index is -5.01. The number of aromatic nitrogens is 2. The van der Waals surface area contributed by atoms with Gasteiger partial charge in [0.25, 0.3) is 0 Å². The first-order valence-electron chi connectivity index (χ1n) is 15.7. The van der Waals surface area contributed by atoms with Crippen molar-refractivity contribution in [2.45, 2.75) is 71.8 Å². The highest BCUT2D eigenvalue weighted by atomic mass is 32.2. The van der Waals surface area contributed by atoms with E-state index < -0.39 is 33.3 Å². The summed E-state index contributed by atoms with van der Waals surface area (Å²) in [6.45, 7) is 7.93. The maximum Gasteiger partial charge on any atom is 0.416 e. The van der Waals surface area contributed by atoms with Gasteiger partial charge in [-0.1, -0.05) is 33.8 Å². The minimum absolute atomic E-state index is 0.0413. The topological polar surface area (TPSA) is 81.6 Å². The monoisotopic (exact) mass is 713 g/mol. The van der Waals surface area contributed by atoms with Gasteiger partial charge >= 0.3 is 12.4 Å². The molecule has 7 nitrogen and oxygen atoms in total. The number of ether oxygens (including phenoxy) is 2. The molecule has 0 amide bonds. The van der Waals surface area contributed by atoms with Crippen molar-refractivity contribution in [2.75, 3.05) is 37.2 Å². The van der Waals surface area contributed by atoms with Crippen molar-refractivity contribution in [3.05, 3.63) is 82.2 Å². The number of halogens is 6. The van der Waals surface area contributed by atoms with Gasteiger partial charge in [0.15, 0.2) is 15.6 Å². The van der Waals surface area contributed by atoms with Gasteiger partial charge in [-0.25, -0.2) is 18.4 Å². The summed E-state index contributed by atoms with van der Waals surface area (Å²) in [7, 11) is -1.72. The second-order valence-corrected chi connectivity index (χ2v) is 15.8. The molecule has 1 aliphatic rings. The van der Waals surface area contributed by atoms with Crippen LogP contribution < -0.4 is 14.4 Å². The molecule has 1 aliphatic carbocycles. The number of methoxy groups -OCH3 is 1. The zero-order chi connectivity index (χ0) is 36.4. The second-order valence-electron chi connectivity index (χ2n) is 13.5. The Balaban J connectivity index is 1.84. The highest BCUT2D eigenvalue weighted by molar-refractivity contribution is 7.90. The van der Waals surface area contributed by atoms with Crippen LogP contribution in [0, 0.1) is 5.41 Å². The Morgan fingerprint density at radius 2 is 1.55 bits per heavy atom.